The number of benzene rings is 1. The normalized spacial score (nSPS) is 14.7. The molecule has 5 nitrogen and oxygen atoms in total. The zero-order chi connectivity index (χ0) is 16.1. The van der Waals surface area contributed by atoms with Gasteiger partial charge in [0.2, 0.25) is 0 Å². The summed E-state index contributed by atoms with van der Waals surface area (Å²) in [5.74, 6) is 0.450. The lowest BCUT2D eigenvalue weighted by molar-refractivity contribution is 0.131. The molecule has 24 heavy (non-hydrogen) atoms. The number of thiazole rings is 1. The summed E-state index contributed by atoms with van der Waals surface area (Å²) in [5.41, 5.74) is 1.60. The molecule has 1 aromatic carbocycles. The lowest BCUT2D eigenvalue weighted by Gasteiger charge is -2.22. The van der Waals surface area contributed by atoms with Crippen molar-refractivity contribution < 1.29 is 9.53 Å². The highest BCUT2D eigenvalue weighted by molar-refractivity contribution is 7.13. The fourth-order valence-corrected chi connectivity index (χ4v) is 3.46. The summed E-state index contributed by atoms with van der Waals surface area (Å²) >= 11 is 7.32. The van der Waals surface area contributed by atoms with Crippen LogP contribution < -0.4 is 10.6 Å². The molecule has 0 bridgehead atoms. The number of carbonyl (C=O) groups excluding carboxylic acids is 1. The van der Waals surface area contributed by atoms with Crippen LogP contribution in [0.2, 0.25) is 5.15 Å². The highest BCUT2D eigenvalue weighted by Crippen LogP contribution is 2.27. The maximum Gasteiger partial charge on any atom is 0.411 e. The quantitative estimate of drug-likeness (QED) is 0.813. The summed E-state index contributed by atoms with van der Waals surface area (Å²) in [4.78, 5) is 16.2. The van der Waals surface area contributed by atoms with Crippen molar-refractivity contribution in [3.05, 3.63) is 34.8 Å². The van der Waals surface area contributed by atoms with Gasteiger partial charge in [0.1, 0.15) is 10.2 Å². The molecule has 0 aliphatic carbocycles. The van der Waals surface area contributed by atoms with Crippen molar-refractivity contribution in [3.8, 4) is 10.6 Å². The molecule has 1 saturated heterocycles. The van der Waals surface area contributed by atoms with Crippen LogP contribution in [0.3, 0.4) is 0 Å². The number of halogens is 2. The van der Waals surface area contributed by atoms with Crippen LogP contribution >= 0.6 is 35.3 Å². The third-order valence-electron chi connectivity index (χ3n) is 3.74. The van der Waals surface area contributed by atoms with Gasteiger partial charge >= 0.3 is 6.09 Å². The Kier molecular flexibility index (Phi) is 7.30. The fraction of sp³-hybridized carbons (Fsp3) is 0.375. The maximum atomic E-state index is 11.9. The van der Waals surface area contributed by atoms with Gasteiger partial charge in [0.25, 0.3) is 0 Å². The number of nitrogens with zero attached hydrogens (tertiary/aromatic N) is 1. The topological polar surface area (TPSA) is 63.2 Å². The van der Waals surface area contributed by atoms with Crippen LogP contribution in [-0.4, -0.2) is 30.8 Å². The van der Waals surface area contributed by atoms with Crippen molar-refractivity contribution in [3.63, 3.8) is 0 Å². The van der Waals surface area contributed by atoms with E-state index in [-0.39, 0.29) is 12.4 Å². The highest BCUT2D eigenvalue weighted by atomic mass is 35.5. The van der Waals surface area contributed by atoms with Gasteiger partial charge in [-0.15, -0.1) is 23.7 Å². The van der Waals surface area contributed by atoms with Crippen molar-refractivity contribution in [1.82, 2.24) is 10.3 Å². The van der Waals surface area contributed by atoms with Gasteiger partial charge in [0.05, 0.1) is 6.61 Å². The molecular weight excluding hydrogens is 369 g/mol. The number of nitrogens with one attached hydrogen (secondary N) is 2. The third-order valence-corrected chi connectivity index (χ3v) is 4.96. The predicted octanol–water partition coefficient (Wildman–Crippen LogP) is 4.43. The average Bonchev–Trinajstić information content (AvgIpc) is 3.01. The maximum absolute atomic E-state index is 11.9. The van der Waals surface area contributed by atoms with Gasteiger partial charge in [0, 0.05) is 16.6 Å². The van der Waals surface area contributed by atoms with Gasteiger partial charge in [-0.25, -0.2) is 9.78 Å². The minimum atomic E-state index is -0.419. The Morgan fingerprint density at radius 1 is 1.42 bits per heavy atom. The first-order chi connectivity index (χ1) is 11.2. The SMILES string of the molecule is Cl.O=C(Nc1cccc(-c2nc(Cl)cs2)c1)OCC1CCNCC1. The van der Waals surface area contributed by atoms with Crippen molar-refractivity contribution >= 4 is 47.1 Å². The van der Waals surface area contributed by atoms with E-state index in [0.29, 0.717) is 23.4 Å². The minimum absolute atomic E-state index is 0. The molecule has 3 rings (SSSR count). The van der Waals surface area contributed by atoms with Crippen LogP contribution in [0.25, 0.3) is 10.6 Å². The first-order valence-corrected chi connectivity index (χ1v) is 8.82. The number of hydrogen-bond acceptors (Lipinski definition) is 5. The predicted molar refractivity (Wildman–Crippen MR) is 100 cm³/mol. The van der Waals surface area contributed by atoms with Gasteiger partial charge in [-0.1, -0.05) is 23.7 Å². The molecule has 0 atom stereocenters. The lowest BCUT2D eigenvalue weighted by Crippen LogP contribution is -2.31. The van der Waals surface area contributed by atoms with Crippen LogP contribution in [0.1, 0.15) is 12.8 Å². The summed E-state index contributed by atoms with van der Waals surface area (Å²) in [5, 5.41) is 9.14. The van der Waals surface area contributed by atoms with E-state index >= 15 is 0 Å². The van der Waals surface area contributed by atoms with Crippen LogP contribution in [0.4, 0.5) is 10.5 Å². The number of anilines is 1. The standard InChI is InChI=1S/C16H18ClN3O2S.ClH/c17-14-10-23-15(20-14)12-2-1-3-13(8-12)19-16(21)22-9-11-4-6-18-7-5-11;/h1-3,8,10-11,18H,4-7,9H2,(H,19,21);1H. The third kappa shape index (κ3) is 5.34. The lowest BCUT2D eigenvalue weighted by atomic mass is 9.99. The number of carbonyl (C=O) groups is 1. The van der Waals surface area contributed by atoms with Gasteiger partial charge in [-0.3, -0.25) is 5.32 Å². The second-order valence-electron chi connectivity index (χ2n) is 5.47. The van der Waals surface area contributed by atoms with Crippen molar-refractivity contribution in [2.75, 3.05) is 25.0 Å². The number of piperidine rings is 1. The first-order valence-electron chi connectivity index (χ1n) is 7.56. The largest absolute Gasteiger partial charge is 0.449 e. The Labute approximate surface area is 156 Å². The van der Waals surface area contributed by atoms with E-state index in [1.165, 1.54) is 11.3 Å². The molecule has 2 N–H and O–H groups in total. The summed E-state index contributed by atoms with van der Waals surface area (Å²) in [6, 6.07) is 7.49. The number of rotatable bonds is 4. The van der Waals surface area contributed by atoms with Gasteiger partial charge in [-0.2, -0.15) is 0 Å². The van der Waals surface area contributed by atoms with Crippen molar-refractivity contribution in [1.29, 1.82) is 0 Å². The van der Waals surface area contributed by atoms with E-state index in [0.717, 1.165) is 36.5 Å². The molecule has 8 heteroatoms. The van der Waals surface area contributed by atoms with E-state index in [2.05, 4.69) is 15.6 Å². The Morgan fingerprint density at radius 2 is 2.21 bits per heavy atom. The molecule has 1 fully saturated rings. The van der Waals surface area contributed by atoms with Gasteiger partial charge in [0.15, 0.2) is 0 Å². The fourth-order valence-electron chi connectivity index (χ4n) is 2.51. The molecule has 0 unspecified atom stereocenters. The minimum Gasteiger partial charge on any atom is -0.449 e. The highest BCUT2D eigenvalue weighted by Gasteiger charge is 2.15. The average molecular weight is 388 g/mol. The summed E-state index contributed by atoms with van der Waals surface area (Å²) in [7, 11) is 0. The van der Waals surface area contributed by atoms with E-state index in [9.17, 15) is 4.79 Å². The van der Waals surface area contributed by atoms with Gasteiger partial charge in [-0.05, 0) is 44.0 Å². The van der Waals surface area contributed by atoms with Crippen LogP contribution in [0.15, 0.2) is 29.6 Å². The molecule has 0 saturated carbocycles. The summed E-state index contributed by atoms with van der Waals surface area (Å²) in [6.07, 6.45) is 1.68. The molecule has 1 aliphatic heterocycles. The van der Waals surface area contributed by atoms with Crippen molar-refractivity contribution in [2.45, 2.75) is 12.8 Å². The molecule has 0 radical (unpaired) electrons. The first kappa shape index (κ1) is 19.0. The number of aromatic nitrogens is 1. The smallest absolute Gasteiger partial charge is 0.411 e. The molecule has 2 aromatic rings. The Bertz CT molecular complexity index is 675. The number of hydrogen-bond donors (Lipinski definition) is 2. The Morgan fingerprint density at radius 3 is 2.92 bits per heavy atom. The molecular formula is C16H19Cl2N3O2S. The summed E-state index contributed by atoms with van der Waals surface area (Å²) < 4.78 is 5.32. The zero-order valence-corrected chi connectivity index (χ0v) is 15.3. The Hall–Kier alpha value is -1.34. The van der Waals surface area contributed by atoms with Gasteiger partial charge < -0.3 is 10.1 Å². The van der Waals surface area contributed by atoms with E-state index in [1.807, 2.05) is 24.3 Å². The van der Waals surface area contributed by atoms with E-state index < -0.39 is 6.09 Å². The number of amides is 1. The Balaban J connectivity index is 0.00000208. The summed E-state index contributed by atoms with van der Waals surface area (Å²) in [6.45, 7) is 2.46. The van der Waals surface area contributed by atoms with Crippen LogP contribution in [0.5, 0.6) is 0 Å². The van der Waals surface area contributed by atoms with Crippen LogP contribution in [-0.2, 0) is 4.74 Å². The molecule has 1 aliphatic rings. The van der Waals surface area contributed by atoms with Crippen LogP contribution in [0, 0.1) is 5.92 Å². The second kappa shape index (κ2) is 9.22. The number of ether oxygens (including phenoxy) is 1. The second-order valence-corrected chi connectivity index (χ2v) is 6.72. The molecule has 0 spiro atoms. The zero-order valence-electron chi connectivity index (χ0n) is 13.0. The molecule has 2 heterocycles. The molecule has 1 amide bonds. The van der Waals surface area contributed by atoms with E-state index in [4.69, 9.17) is 16.3 Å². The molecule has 1 aromatic heterocycles. The van der Waals surface area contributed by atoms with E-state index in [1.54, 1.807) is 5.38 Å². The molecule has 130 valence electrons. The monoisotopic (exact) mass is 387 g/mol. The van der Waals surface area contributed by atoms with Crippen molar-refractivity contribution in [2.24, 2.45) is 5.92 Å².